The van der Waals surface area contributed by atoms with Crippen LogP contribution >= 0.6 is 0 Å². The molecule has 1 saturated carbocycles. The van der Waals surface area contributed by atoms with E-state index in [4.69, 9.17) is 4.74 Å². The van der Waals surface area contributed by atoms with Gasteiger partial charge in [-0.3, -0.25) is 14.5 Å². The Morgan fingerprint density at radius 2 is 1.86 bits per heavy atom. The number of Topliss-reactive ketones (excluding diaryl/α,β-unsaturated/α-hetero) is 1. The normalized spacial score (nSPS) is 20.5. The zero-order valence-corrected chi connectivity index (χ0v) is 20.3. The van der Waals surface area contributed by atoms with Crippen molar-refractivity contribution in [2.45, 2.75) is 62.3 Å². The zero-order chi connectivity index (χ0) is 25.1. The number of ketones is 1. The molecule has 3 fully saturated rings. The number of hydrogen-bond donors (Lipinski definition) is 1. The second kappa shape index (κ2) is 10.7. The van der Waals surface area contributed by atoms with Gasteiger partial charge in [0, 0.05) is 24.2 Å². The third-order valence-corrected chi connectivity index (χ3v) is 8.09. The number of carbonyl (C=O) groups excluding carboxylic acids is 2. The largest absolute Gasteiger partial charge is 0.378 e. The first-order valence-electron chi connectivity index (χ1n) is 12.8. The summed E-state index contributed by atoms with van der Waals surface area (Å²) in [5, 5.41) is 1.92. The highest BCUT2D eigenvalue weighted by atomic mass is 19.3. The van der Waals surface area contributed by atoms with Crippen LogP contribution in [-0.2, 0) is 21.4 Å². The van der Waals surface area contributed by atoms with Gasteiger partial charge in [0.1, 0.15) is 5.82 Å². The second-order valence-corrected chi connectivity index (χ2v) is 10.3. The van der Waals surface area contributed by atoms with Crippen molar-refractivity contribution < 1.29 is 23.1 Å². The van der Waals surface area contributed by atoms with Crippen LogP contribution in [-0.4, -0.2) is 71.9 Å². The number of hydrogen-bond acceptors (Lipinski definition) is 6. The molecular formula is C27H32F2N4O3. The van der Waals surface area contributed by atoms with Crippen molar-refractivity contribution in [3.05, 3.63) is 59.2 Å². The molecule has 192 valence electrons. The number of aromatic nitrogens is 2. The molecule has 1 aliphatic carbocycles. The van der Waals surface area contributed by atoms with Gasteiger partial charge in [-0.2, -0.15) is 8.78 Å². The first-order valence-corrected chi connectivity index (χ1v) is 12.8. The number of benzene rings is 1. The number of alkyl halides is 2. The molecule has 1 N–H and O–H groups in total. The zero-order valence-electron chi connectivity index (χ0n) is 20.3. The van der Waals surface area contributed by atoms with E-state index in [1.165, 1.54) is 36.4 Å². The maximum absolute atomic E-state index is 12.3. The Hall–Kier alpha value is -2.78. The summed E-state index contributed by atoms with van der Waals surface area (Å²) in [7, 11) is 0. The number of nitrogens with zero attached hydrogens (tertiary/aromatic N) is 3. The molecule has 0 atom stereocenters. The molecule has 36 heavy (non-hydrogen) atoms. The quantitative estimate of drug-likeness (QED) is 0.535. The maximum atomic E-state index is 12.3. The van der Waals surface area contributed by atoms with E-state index in [9.17, 15) is 18.4 Å². The van der Waals surface area contributed by atoms with E-state index in [1.807, 2.05) is 5.32 Å². The molecule has 1 amide bonds. The summed E-state index contributed by atoms with van der Waals surface area (Å²) < 4.78 is 30.0. The minimum atomic E-state index is -3.15. The number of likely N-dealkylation sites (tertiary alicyclic amines) is 1. The lowest BCUT2D eigenvalue weighted by Crippen LogP contribution is -2.51. The fraction of sp³-hybridized carbons (Fsp3) is 0.556. The third kappa shape index (κ3) is 5.32. The maximum Gasteiger partial charge on any atom is 0.315 e. The van der Waals surface area contributed by atoms with Crippen molar-refractivity contribution in [2.75, 3.05) is 32.8 Å². The molecule has 0 radical (unpaired) electrons. The highest BCUT2D eigenvalue weighted by molar-refractivity contribution is 5.99. The summed E-state index contributed by atoms with van der Waals surface area (Å²) in [4.78, 5) is 34.5. The Morgan fingerprint density at radius 1 is 1.14 bits per heavy atom. The molecule has 2 aliphatic heterocycles. The molecule has 1 aromatic carbocycles. The second-order valence-electron chi connectivity index (χ2n) is 10.3. The van der Waals surface area contributed by atoms with Crippen LogP contribution in [0.4, 0.5) is 8.78 Å². The average Bonchev–Trinajstić information content (AvgIpc) is 2.84. The third-order valence-electron chi connectivity index (χ3n) is 8.09. The molecule has 7 nitrogen and oxygen atoms in total. The Labute approximate surface area is 209 Å². The van der Waals surface area contributed by atoms with Crippen LogP contribution in [0.1, 0.15) is 65.3 Å². The van der Waals surface area contributed by atoms with Gasteiger partial charge in [0.05, 0.1) is 31.4 Å². The fourth-order valence-electron chi connectivity index (χ4n) is 5.56. The number of ether oxygens (including phenoxy) is 1. The first kappa shape index (κ1) is 24.9. The average molecular weight is 499 g/mol. The lowest BCUT2D eigenvalue weighted by Gasteiger charge is -2.43. The molecule has 2 aromatic rings. The standard InChI is InChI=1S/C27H32F2N4O3/c28-25(29)26(35)32-15-23(34)20-13-30-24(31-14-20)12-27(7-2-8-27)21-4-1-3-19(11-21)18-5-9-33(10-6-18)22-16-36-17-22/h1,3-4,11,13-14,18,22,25H,2,5-10,12,15-17H2,(H,32,35). The molecule has 5 rings (SSSR count). The SMILES string of the molecule is O=C(CNC(=O)C(F)F)c1cnc(CC2(c3cccc(C4CCN(C5COC5)CC4)c3)CCC2)nc1. The monoisotopic (exact) mass is 498 g/mol. The van der Waals surface area contributed by atoms with Crippen LogP contribution in [0.5, 0.6) is 0 Å². The van der Waals surface area contributed by atoms with E-state index in [-0.39, 0.29) is 11.0 Å². The van der Waals surface area contributed by atoms with Gasteiger partial charge in [0.15, 0.2) is 5.78 Å². The number of rotatable bonds is 9. The van der Waals surface area contributed by atoms with Crippen LogP contribution in [0.25, 0.3) is 0 Å². The lowest BCUT2D eigenvalue weighted by atomic mass is 9.62. The Morgan fingerprint density at radius 3 is 2.44 bits per heavy atom. The number of carbonyl (C=O) groups is 2. The summed E-state index contributed by atoms with van der Waals surface area (Å²) in [6.45, 7) is 3.48. The van der Waals surface area contributed by atoms with Gasteiger partial charge in [0.2, 0.25) is 0 Å². The molecule has 0 unspecified atom stereocenters. The predicted octanol–water partition coefficient (Wildman–Crippen LogP) is 3.28. The number of halogens is 2. The Bertz CT molecular complexity index is 1080. The van der Waals surface area contributed by atoms with Gasteiger partial charge in [-0.1, -0.05) is 30.7 Å². The van der Waals surface area contributed by atoms with Crippen LogP contribution in [0.3, 0.4) is 0 Å². The van der Waals surface area contributed by atoms with Gasteiger partial charge in [0.25, 0.3) is 5.91 Å². The van der Waals surface area contributed by atoms with Gasteiger partial charge < -0.3 is 10.1 Å². The molecule has 3 aliphatic rings. The predicted molar refractivity (Wildman–Crippen MR) is 129 cm³/mol. The van der Waals surface area contributed by atoms with E-state index in [1.54, 1.807) is 0 Å². The first-order chi connectivity index (χ1) is 17.4. The van der Waals surface area contributed by atoms with Crippen LogP contribution in [0.2, 0.25) is 0 Å². The molecular weight excluding hydrogens is 466 g/mol. The lowest BCUT2D eigenvalue weighted by molar-refractivity contribution is -0.131. The van der Waals surface area contributed by atoms with E-state index >= 15 is 0 Å². The van der Waals surface area contributed by atoms with E-state index < -0.39 is 24.7 Å². The minimum Gasteiger partial charge on any atom is -0.378 e. The van der Waals surface area contributed by atoms with Crippen molar-refractivity contribution in [1.29, 1.82) is 0 Å². The van der Waals surface area contributed by atoms with Crippen molar-refractivity contribution in [3.8, 4) is 0 Å². The van der Waals surface area contributed by atoms with Crippen molar-refractivity contribution in [1.82, 2.24) is 20.2 Å². The summed E-state index contributed by atoms with van der Waals surface area (Å²) in [6, 6.07) is 9.64. The summed E-state index contributed by atoms with van der Waals surface area (Å²) >= 11 is 0. The highest BCUT2D eigenvalue weighted by Crippen LogP contribution is 2.46. The van der Waals surface area contributed by atoms with E-state index in [2.05, 4.69) is 39.1 Å². The minimum absolute atomic E-state index is 0.00323. The summed E-state index contributed by atoms with van der Waals surface area (Å²) in [5.41, 5.74) is 2.94. The van der Waals surface area contributed by atoms with Crippen molar-refractivity contribution >= 4 is 11.7 Å². The molecule has 9 heteroatoms. The molecule has 1 aromatic heterocycles. The van der Waals surface area contributed by atoms with Gasteiger partial charge >= 0.3 is 6.43 Å². The fourth-order valence-corrected chi connectivity index (χ4v) is 5.56. The smallest absolute Gasteiger partial charge is 0.315 e. The molecule has 0 bridgehead atoms. The highest BCUT2D eigenvalue weighted by Gasteiger charge is 2.40. The van der Waals surface area contributed by atoms with Gasteiger partial charge in [-0.15, -0.1) is 0 Å². The van der Waals surface area contributed by atoms with Gasteiger partial charge in [-0.25, -0.2) is 9.97 Å². The van der Waals surface area contributed by atoms with Crippen molar-refractivity contribution in [2.24, 2.45) is 0 Å². The van der Waals surface area contributed by atoms with Crippen LogP contribution < -0.4 is 5.32 Å². The van der Waals surface area contributed by atoms with Gasteiger partial charge in [-0.05, 0) is 55.8 Å². The number of amides is 1. The molecule has 3 heterocycles. The van der Waals surface area contributed by atoms with E-state index in [0.29, 0.717) is 24.2 Å². The summed E-state index contributed by atoms with van der Waals surface area (Å²) in [5.74, 6) is -0.734. The van der Waals surface area contributed by atoms with E-state index in [0.717, 1.165) is 45.6 Å². The Kier molecular flexibility index (Phi) is 7.39. The molecule has 2 saturated heterocycles. The van der Waals surface area contributed by atoms with Crippen LogP contribution in [0, 0.1) is 0 Å². The van der Waals surface area contributed by atoms with Crippen LogP contribution in [0.15, 0.2) is 36.7 Å². The van der Waals surface area contributed by atoms with Crippen molar-refractivity contribution in [3.63, 3.8) is 0 Å². The topological polar surface area (TPSA) is 84.4 Å². The molecule has 0 spiro atoms. The Balaban J connectivity index is 1.22. The number of piperidine rings is 1. The summed E-state index contributed by atoms with van der Waals surface area (Å²) in [6.07, 6.45) is 6.02. The number of nitrogens with one attached hydrogen (secondary N) is 1.